The third kappa shape index (κ3) is 1.71. The standard InChI is InChI=1S/C10H7ClN2O3/c11-7-1-2-8(9(5-7)13(15)16)10(3-4-10)12-6-14/h1-2,5H,3-4H2. The Morgan fingerprint density at radius 3 is 2.69 bits per heavy atom. The minimum Gasteiger partial charge on any atom is -0.258 e. The summed E-state index contributed by atoms with van der Waals surface area (Å²) < 4.78 is 0. The summed E-state index contributed by atoms with van der Waals surface area (Å²) in [6, 6.07) is 4.38. The molecule has 1 saturated carbocycles. The number of halogens is 1. The smallest absolute Gasteiger partial charge is 0.258 e. The van der Waals surface area contributed by atoms with Gasteiger partial charge in [-0.1, -0.05) is 11.6 Å². The number of isocyanates is 1. The Morgan fingerprint density at radius 1 is 1.50 bits per heavy atom. The number of aliphatic imine (C=N–C) groups is 1. The van der Waals surface area contributed by atoms with Crippen molar-refractivity contribution in [3.63, 3.8) is 0 Å². The molecule has 0 bridgehead atoms. The number of nitro benzene ring substituents is 1. The predicted molar refractivity (Wildman–Crippen MR) is 57.1 cm³/mol. The van der Waals surface area contributed by atoms with Crippen LogP contribution >= 0.6 is 11.6 Å². The van der Waals surface area contributed by atoms with Crippen molar-refractivity contribution in [2.45, 2.75) is 18.4 Å². The van der Waals surface area contributed by atoms with E-state index in [0.29, 0.717) is 23.4 Å². The zero-order valence-corrected chi connectivity index (χ0v) is 8.90. The van der Waals surface area contributed by atoms with Gasteiger partial charge in [0, 0.05) is 11.1 Å². The Balaban J connectivity index is 2.57. The summed E-state index contributed by atoms with van der Waals surface area (Å²) in [6.45, 7) is 0. The van der Waals surface area contributed by atoms with Gasteiger partial charge in [0.2, 0.25) is 6.08 Å². The minimum atomic E-state index is -0.741. The van der Waals surface area contributed by atoms with Crippen molar-refractivity contribution >= 4 is 23.4 Å². The maximum Gasteiger partial charge on any atom is 0.276 e. The van der Waals surface area contributed by atoms with E-state index in [1.165, 1.54) is 12.1 Å². The van der Waals surface area contributed by atoms with Gasteiger partial charge in [-0.15, -0.1) is 0 Å². The number of benzene rings is 1. The summed E-state index contributed by atoms with van der Waals surface area (Å²) in [5, 5.41) is 11.2. The van der Waals surface area contributed by atoms with Crippen LogP contribution in [0.15, 0.2) is 23.2 Å². The Morgan fingerprint density at radius 2 is 2.19 bits per heavy atom. The van der Waals surface area contributed by atoms with Gasteiger partial charge in [-0.2, -0.15) is 4.99 Å². The van der Waals surface area contributed by atoms with Crippen molar-refractivity contribution in [1.29, 1.82) is 0 Å². The summed E-state index contributed by atoms with van der Waals surface area (Å²) in [7, 11) is 0. The van der Waals surface area contributed by atoms with Gasteiger partial charge in [0.05, 0.1) is 10.5 Å². The lowest BCUT2D eigenvalue weighted by molar-refractivity contribution is -0.385. The monoisotopic (exact) mass is 238 g/mol. The summed E-state index contributed by atoms with van der Waals surface area (Å²) in [6.07, 6.45) is 2.73. The third-order valence-corrected chi connectivity index (χ3v) is 2.88. The fourth-order valence-corrected chi connectivity index (χ4v) is 1.86. The van der Waals surface area contributed by atoms with Crippen molar-refractivity contribution in [3.8, 4) is 0 Å². The molecule has 0 saturated heterocycles. The molecule has 0 heterocycles. The highest BCUT2D eigenvalue weighted by Gasteiger charge is 2.48. The Labute approximate surface area is 95.9 Å². The summed E-state index contributed by atoms with van der Waals surface area (Å²) in [5.74, 6) is 0. The number of nitro groups is 1. The van der Waals surface area contributed by atoms with E-state index in [9.17, 15) is 14.9 Å². The zero-order chi connectivity index (χ0) is 11.8. The Hall–Kier alpha value is -1.71. The molecule has 5 nitrogen and oxygen atoms in total. The molecule has 82 valence electrons. The van der Waals surface area contributed by atoms with Crippen molar-refractivity contribution < 1.29 is 9.72 Å². The lowest BCUT2D eigenvalue weighted by Crippen LogP contribution is -2.06. The van der Waals surface area contributed by atoms with Crippen LogP contribution in [0.1, 0.15) is 18.4 Å². The zero-order valence-electron chi connectivity index (χ0n) is 8.14. The molecule has 0 aromatic heterocycles. The van der Waals surface area contributed by atoms with Crippen LogP contribution in [0.5, 0.6) is 0 Å². The number of rotatable bonds is 3. The van der Waals surface area contributed by atoms with Crippen LogP contribution in [0.4, 0.5) is 5.69 Å². The van der Waals surface area contributed by atoms with Crippen molar-refractivity contribution in [3.05, 3.63) is 38.9 Å². The Bertz CT molecular complexity index is 505. The van der Waals surface area contributed by atoms with Gasteiger partial charge in [-0.25, -0.2) is 4.79 Å². The molecule has 1 aliphatic carbocycles. The van der Waals surface area contributed by atoms with Gasteiger partial charge in [-0.3, -0.25) is 10.1 Å². The summed E-state index contributed by atoms with van der Waals surface area (Å²) in [5.41, 5.74) is -0.399. The number of nitrogens with zero attached hydrogens (tertiary/aromatic N) is 2. The highest BCUT2D eigenvalue weighted by molar-refractivity contribution is 6.30. The van der Waals surface area contributed by atoms with E-state index >= 15 is 0 Å². The molecule has 1 aromatic carbocycles. The lowest BCUT2D eigenvalue weighted by atomic mass is 10.0. The van der Waals surface area contributed by atoms with Crippen LogP contribution in [0.2, 0.25) is 5.02 Å². The quantitative estimate of drug-likeness (QED) is 0.352. The van der Waals surface area contributed by atoms with E-state index < -0.39 is 10.5 Å². The average molecular weight is 239 g/mol. The lowest BCUT2D eigenvalue weighted by Gasteiger charge is -2.08. The van der Waals surface area contributed by atoms with Crippen molar-refractivity contribution in [2.75, 3.05) is 0 Å². The molecule has 0 unspecified atom stereocenters. The van der Waals surface area contributed by atoms with Gasteiger partial charge >= 0.3 is 0 Å². The number of hydrogen-bond donors (Lipinski definition) is 0. The fraction of sp³-hybridized carbons (Fsp3) is 0.300. The first kappa shape index (κ1) is 10.8. The van der Waals surface area contributed by atoms with Crippen LogP contribution in [0.25, 0.3) is 0 Å². The first-order valence-electron chi connectivity index (χ1n) is 4.62. The van der Waals surface area contributed by atoms with Crippen LogP contribution in [0, 0.1) is 10.1 Å². The van der Waals surface area contributed by atoms with Crippen molar-refractivity contribution in [2.24, 2.45) is 4.99 Å². The summed E-state index contributed by atoms with van der Waals surface area (Å²) >= 11 is 5.70. The average Bonchev–Trinajstić information content (AvgIpc) is 2.99. The second kappa shape index (κ2) is 3.70. The SMILES string of the molecule is O=C=NC1(c2ccc(Cl)cc2[N+](=O)[O-])CC1. The Kier molecular flexibility index (Phi) is 2.50. The normalized spacial score (nSPS) is 16.3. The van der Waals surface area contributed by atoms with E-state index in [-0.39, 0.29) is 5.69 Å². The van der Waals surface area contributed by atoms with Gasteiger partial charge in [-0.05, 0) is 25.0 Å². The summed E-state index contributed by atoms with van der Waals surface area (Å²) in [4.78, 5) is 24.3. The maximum absolute atomic E-state index is 10.9. The third-order valence-electron chi connectivity index (χ3n) is 2.64. The highest BCUT2D eigenvalue weighted by Crippen LogP contribution is 2.52. The minimum absolute atomic E-state index is 0.0935. The number of carbonyl (C=O) groups excluding carboxylic acids is 1. The largest absolute Gasteiger partial charge is 0.276 e. The van der Waals surface area contributed by atoms with Gasteiger partial charge < -0.3 is 0 Å². The van der Waals surface area contributed by atoms with E-state index in [4.69, 9.17) is 11.6 Å². The van der Waals surface area contributed by atoms with E-state index in [0.717, 1.165) is 0 Å². The molecular weight excluding hydrogens is 232 g/mol. The molecule has 1 fully saturated rings. The number of hydrogen-bond acceptors (Lipinski definition) is 4. The maximum atomic E-state index is 10.9. The molecule has 0 spiro atoms. The molecule has 0 N–H and O–H groups in total. The van der Waals surface area contributed by atoms with Crippen LogP contribution < -0.4 is 0 Å². The van der Waals surface area contributed by atoms with Gasteiger partial charge in [0.25, 0.3) is 5.69 Å². The van der Waals surface area contributed by atoms with Crippen LogP contribution in [-0.4, -0.2) is 11.0 Å². The molecular formula is C10H7ClN2O3. The highest BCUT2D eigenvalue weighted by atomic mass is 35.5. The molecule has 0 aliphatic heterocycles. The second-order valence-corrected chi connectivity index (χ2v) is 4.09. The van der Waals surface area contributed by atoms with Crippen LogP contribution in [0.3, 0.4) is 0 Å². The topological polar surface area (TPSA) is 72.6 Å². The molecule has 1 aromatic rings. The predicted octanol–water partition coefficient (Wildman–Crippen LogP) is 2.57. The van der Waals surface area contributed by atoms with Gasteiger partial charge in [0.15, 0.2) is 0 Å². The van der Waals surface area contributed by atoms with E-state index in [2.05, 4.69) is 4.99 Å². The molecule has 16 heavy (non-hydrogen) atoms. The molecule has 0 radical (unpaired) electrons. The molecule has 2 rings (SSSR count). The first-order chi connectivity index (χ1) is 7.59. The second-order valence-electron chi connectivity index (χ2n) is 3.65. The molecule has 1 aliphatic rings. The van der Waals surface area contributed by atoms with Crippen LogP contribution in [-0.2, 0) is 10.3 Å². The van der Waals surface area contributed by atoms with Crippen molar-refractivity contribution in [1.82, 2.24) is 0 Å². The van der Waals surface area contributed by atoms with Gasteiger partial charge in [0.1, 0.15) is 5.54 Å². The molecule has 0 amide bonds. The fourth-order valence-electron chi connectivity index (χ4n) is 1.70. The molecule has 0 atom stereocenters. The van der Waals surface area contributed by atoms with E-state index in [1.54, 1.807) is 12.1 Å². The van der Waals surface area contributed by atoms with E-state index in [1.807, 2.05) is 0 Å². The molecule has 6 heteroatoms. The first-order valence-corrected chi connectivity index (χ1v) is 5.00.